The second-order valence-corrected chi connectivity index (χ2v) is 15.7. The van der Waals surface area contributed by atoms with Crippen molar-refractivity contribution < 1.29 is 4.42 Å². The summed E-state index contributed by atoms with van der Waals surface area (Å²) in [5.41, 5.74) is 17.5. The summed E-state index contributed by atoms with van der Waals surface area (Å²) in [6.45, 7) is 4.66. The van der Waals surface area contributed by atoms with Gasteiger partial charge in [0.1, 0.15) is 11.2 Å². The summed E-state index contributed by atoms with van der Waals surface area (Å²) >= 11 is 0. The standard InChI is InChI=1S/C55H39NO/c1-55(2)49-21-9-8-19-47(49)53-50(55)32-33-51-54(53)48-31-26-41(35-52(48)57-51)40-16-10-17-44(34-40)56(42-27-22-37(23-28-42)36-12-4-3-5-13-36)43-29-24-39(25-30-43)46-20-11-15-38-14-6-7-18-45(38)46/h3-35H,1-2H3. The molecule has 2 nitrogen and oxygen atoms in total. The van der Waals surface area contributed by atoms with Crippen molar-refractivity contribution in [1.29, 1.82) is 0 Å². The number of fused-ring (bicyclic) bond motifs is 8. The molecule has 0 amide bonds. The fourth-order valence-electron chi connectivity index (χ4n) is 9.21. The van der Waals surface area contributed by atoms with Crippen molar-refractivity contribution in [3.05, 3.63) is 211 Å². The molecule has 0 atom stereocenters. The van der Waals surface area contributed by atoms with Crippen LogP contribution in [0.4, 0.5) is 17.1 Å². The Balaban J connectivity index is 1.01. The van der Waals surface area contributed by atoms with Crippen molar-refractivity contribution in [3.8, 4) is 44.5 Å². The molecule has 57 heavy (non-hydrogen) atoms. The fourth-order valence-corrected chi connectivity index (χ4v) is 9.21. The lowest BCUT2D eigenvalue weighted by Gasteiger charge is -2.26. The van der Waals surface area contributed by atoms with Gasteiger partial charge in [-0.25, -0.2) is 0 Å². The van der Waals surface area contributed by atoms with Crippen molar-refractivity contribution >= 4 is 49.8 Å². The van der Waals surface area contributed by atoms with E-state index in [9.17, 15) is 0 Å². The van der Waals surface area contributed by atoms with Gasteiger partial charge in [0.15, 0.2) is 0 Å². The first kappa shape index (κ1) is 33.2. The lowest BCUT2D eigenvalue weighted by atomic mass is 9.82. The molecule has 0 bridgehead atoms. The maximum Gasteiger partial charge on any atom is 0.136 e. The Morgan fingerprint density at radius 2 is 1.00 bits per heavy atom. The van der Waals surface area contributed by atoms with Crippen LogP contribution in [0.2, 0.25) is 0 Å². The summed E-state index contributed by atoms with van der Waals surface area (Å²) in [4.78, 5) is 2.35. The average Bonchev–Trinajstić information content (AvgIpc) is 3.76. The molecule has 1 aliphatic rings. The van der Waals surface area contributed by atoms with Crippen LogP contribution < -0.4 is 4.90 Å². The van der Waals surface area contributed by atoms with Crippen LogP contribution in [0.1, 0.15) is 25.0 Å². The highest BCUT2D eigenvalue weighted by Gasteiger charge is 2.37. The zero-order valence-electron chi connectivity index (χ0n) is 31.9. The largest absolute Gasteiger partial charge is 0.456 e. The minimum Gasteiger partial charge on any atom is -0.456 e. The number of hydrogen-bond donors (Lipinski definition) is 0. The van der Waals surface area contributed by atoms with Crippen molar-refractivity contribution in [2.45, 2.75) is 19.3 Å². The summed E-state index contributed by atoms with van der Waals surface area (Å²) in [5, 5.41) is 4.86. The molecule has 0 saturated carbocycles. The molecular formula is C55H39NO. The van der Waals surface area contributed by atoms with Gasteiger partial charge in [-0.05, 0) is 121 Å². The third-order valence-electron chi connectivity index (χ3n) is 12.1. The highest BCUT2D eigenvalue weighted by Crippen LogP contribution is 2.53. The number of hydrogen-bond acceptors (Lipinski definition) is 2. The number of rotatable bonds is 6. The van der Waals surface area contributed by atoms with Crippen LogP contribution in [-0.2, 0) is 5.41 Å². The zero-order valence-corrected chi connectivity index (χ0v) is 31.9. The molecule has 9 aromatic carbocycles. The SMILES string of the molecule is CC1(C)c2ccccc2-c2c1ccc1oc3cc(-c4cccc(N(c5ccc(-c6ccccc6)cc5)c5ccc(-c6cccc7ccccc67)cc5)c4)ccc3c21. The van der Waals surface area contributed by atoms with Crippen molar-refractivity contribution in [1.82, 2.24) is 0 Å². The lowest BCUT2D eigenvalue weighted by molar-refractivity contribution is 0.656. The van der Waals surface area contributed by atoms with E-state index < -0.39 is 0 Å². The summed E-state index contributed by atoms with van der Waals surface area (Å²) in [6, 6.07) is 72.4. The van der Waals surface area contributed by atoms with E-state index in [1.54, 1.807) is 0 Å². The molecule has 0 saturated heterocycles. The molecule has 0 fully saturated rings. The van der Waals surface area contributed by atoms with E-state index in [-0.39, 0.29) is 5.41 Å². The third-order valence-corrected chi connectivity index (χ3v) is 12.1. The Labute approximate surface area is 332 Å². The van der Waals surface area contributed by atoms with Crippen LogP contribution in [0.15, 0.2) is 205 Å². The van der Waals surface area contributed by atoms with Crippen molar-refractivity contribution in [2.24, 2.45) is 0 Å². The molecular weight excluding hydrogens is 691 g/mol. The van der Waals surface area contributed by atoms with Crippen LogP contribution in [0.3, 0.4) is 0 Å². The highest BCUT2D eigenvalue weighted by molar-refractivity contribution is 6.15. The van der Waals surface area contributed by atoms with Crippen LogP contribution in [0, 0.1) is 0 Å². The van der Waals surface area contributed by atoms with Gasteiger partial charge in [-0.3, -0.25) is 0 Å². The van der Waals surface area contributed by atoms with Crippen molar-refractivity contribution in [2.75, 3.05) is 4.90 Å². The molecule has 270 valence electrons. The minimum atomic E-state index is -0.0614. The topological polar surface area (TPSA) is 16.4 Å². The molecule has 11 rings (SSSR count). The molecule has 10 aromatic rings. The van der Waals surface area contributed by atoms with Crippen LogP contribution in [-0.4, -0.2) is 0 Å². The number of benzene rings is 9. The molecule has 2 heteroatoms. The molecule has 0 spiro atoms. The van der Waals surface area contributed by atoms with E-state index in [2.05, 4.69) is 219 Å². The number of furan rings is 1. The van der Waals surface area contributed by atoms with Gasteiger partial charge in [-0.15, -0.1) is 0 Å². The maximum absolute atomic E-state index is 6.65. The average molecular weight is 730 g/mol. The molecule has 1 aliphatic carbocycles. The summed E-state index contributed by atoms with van der Waals surface area (Å²) < 4.78 is 6.65. The Bertz CT molecular complexity index is 3130. The highest BCUT2D eigenvalue weighted by atomic mass is 16.3. The van der Waals surface area contributed by atoms with Crippen molar-refractivity contribution in [3.63, 3.8) is 0 Å². The van der Waals surface area contributed by atoms with Crippen LogP contribution in [0.25, 0.3) is 77.2 Å². The van der Waals surface area contributed by atoms with Gasteiger partial charge in [-0.2, -0.15) is 0 Å². The van der Waals surface area contributed by atoms with E-state index in [4.69, 9.17) is 4.42 Å². The van der Waals surface area contributed by atoms with E-state index in [0.29, 0.717) is 0 Å². The molecule has 1 heterocycles. The van der Waals surface area contributed by atoms with Gasteiger partial charge >= 0.3 is 0 Å². The van der Waals surface area contributed by atoms with Crippen LogP contribution in [0.5, 0.6) is 0 Å². The second kappa shape index (κ2) is 13.0. The molecule has 0 N–H and O–H groups in total. The van der Waals surface area contributed by atoms with E-state index in [1.807, 2.05) is 0 Å². The van der Waals surface area contributed by atoms with Gasteiger partial charge in [0, 0.05) is 33.2 Å². The summed E-state index contributed by atoms with van der Waals surface area (Å²) in [5.74, 6) is 0. The van der Waals surface area contributed by atoms with Gasteiger partial charge in [0.25, 0.3) is 0 Å². The maximum atomic E-state index is 6.65. The quantitative estimate of drug-likeness (QED) is 0.169. The van der Waals surface area contributed by atoms with E-state index in [0.717, 1.165) is 44.7 Å². The number of nitrogens with zero attached hydrogens (tertiary/aromatic N) is 1. The zero-order chi connectivity index (χ0) is 38.1. The Morgan fingerprint density at radius 3 is 1.82 bits per heavy atom. The molecule has 1 aromatic heterocycles. The normalized spacial score (nSPS) is 12.9. The Hall–Kier alpha value is -7.16. The monoisotopic (exact) mass is 729 g/mol. The predicted octanol–water partition coefficient (Wildman–Crippen LogP) is 15.5. The Morgan fingerprint density at radius 1 is 0.386 bits per heavy atom. The van der Waals surface area contributed by atoms with Crippen LogP contribution >= 0.6 is 0 Å². The van der Waals surface area contributed by atoms with E-state index in [1.165, 1.54) is 60.7 Å². The first-order valence-electron chi connectivity index (χ1n) is 19.8. The first-order chi connectivity index (χ1) is 28.0. The predicted molar refractivity (Wildman–Crippen MR) is 240 cm³/mol. The minimum absolute atomic E-state index is 0.0614. The third kappa shape index (κ3) is 5.40. The second-order valence-electron chi connectivity index (χ2n) is 15.7. The molecule has 0 radical (unpaired) electrons. The summed E-state index contributed by atoms with van der Waals surface area (Å²) in [7, 11) is 0. The molecule has 0 aliphatic heterocycles. The fraction of sp³-hybridized carbons (Fsp3) is 0.0545. The first-order valence-corrected chi connectivity index (χ1v) is 19.8. The van der Waals surface area contributed by atoms with Gasteiger partial charge < -0.3 is 9.32 Å². The lowest BCUT2D eigenvalue weighted by Crippen LogP contribution is -2.14. The van der Waals surface area contributed by atoms with Gasteiger partial charge in [0.2, 0.25) is 0 Å². The molecule has 0 unspecified atom stereocenters. The van der Waals surface area contributed by atoms with E-state index >= 15 is 0 Å². The summed E-state index contributed by atoms with van der Waals surface area (Å²) in [6.07, 6.45) is 0. The number of anilines is 3. The van der Waals surface area contributed by atoms with Gasteiger partial charge in [-0.1, -0.05) is 159 Å². The van der Waals surface area contributed by atoms with Gasteiger partial charge in [0.05, 0.1) is 0 Å². The smallest absolute Gasteiger partial charge is 0.136 e. The Kier molecular flexibility index (Phi) is 7.55.